The Hall–Kier alpha value is -1.31. The van der Waals surface area contributed by atoms with Crippen molar-refractivity contribution in [3.8, 4) is 0 Å². The molecular weight excluding hydrogens is 138 g/mol. The van der Waals surface area contributed by atoms with E-state index < -0.39 is 0 Å². The molecule has 0 fully saturated rings. The Kier molecular flexibility index (Phi) is 1.39. The number of aryl methyl sites for hydroxylation is 1. The third-order valence-corrected chi connectivity index (χ3v) is 1.70. The number of aromatic nitrogens is 1. The van der Waals surface area contributed by atoms with Crippen LogP contribution in [0.3, 0.4) is 0 Å². The normalized spacial score (nSPS) is 10.6. The maximum atomic E-state index is 5.06. The van der Waals surface area contributed by atoms with E-state index in [1.54, 1.807) is 0 Å². The van der Waals surface area contributed by atoms with Gasteiger partial charge in [0.15, 0.2) is 5.58 Å². The summed E-state index contributed by atoms with van der Waals surface area (Å²) in [5.41, 5.74) is 1.81. The van der Waals surface area contributed by atoms with Crippen LogP contribution in [0.25, 0.3) is 11.0 Å². The van der Waals surface area contributed by atoms with Crippen LogP contribution >= 0.6 is 0 Å². The van der Waals surface area contributed by atoms with Crippen LogP contribution in [-0.4, -0.2) is 5.16 Å². The number of hydrogen-bond donors (Lipinski definition) is 0. The molecule has 0 aliphatic heterocycles. The molecule has 0 amide bonds. The second-order valence-electron chi connectivity index (χ2n) is 2.39. The van der Waals surface area contributed by atoms with Gasteiger partial charge in [0.25, 0.3) is 0 Å². The molecule has 2 aromatic rings. The van der Waals surface area contributed by atoms with Crippen molar-refractivity contribution < 1.29 is 4.52 Å². The lowest BCUT2D eigenvalue weighted by Crippen LogP contribution is -1.77. The molecule has 0 atom stereocenters. The van der Waals surface area contributed by atoms with E-state index in [-0.39, 0.29) is 0 Å². The molecule has 1 aromatic carbocycles. The quantitative estimate of drug-likeness (QED) is 0.616. The van der Waals surface area contributed by atoms with E-state index in [1.807, 2.05) is 18.2 Å². The molecule has 0 aliphatic rings. The largest absolute Gasteiger partial charge is 0.356 e. The zero-order valence-electron chi connectivity index (χ0n) is 6.29. The molecule has 0 aliphatic carbocycles. The molecule has 1 heterocycles. The number of fused-ring (bicyclic) bond motifs is 1. The minimum Gasteiger partial charge on any atom is -0.356 e. The van der Waals surface area contributed by atoms with Gasteiger partial charge in [-0.15, -0.1) is 0 Å². The van der Waals surface area contributed by atoms with E-state index >= 15 is 0 Å². The molecule has 2 nitrogen and oxygen atoms in total. The Bertz CT molecular complexity index is 364. The van der Waals surface area contributed by atoms with Crippen molar-refractivity contribution in [1.29, 1.82) is 0 Å². The Morgan fingerprint density at radius 3 is 3.36 bits per heavy atom. The first-order chi connectivity index (χ1) is 5.42. The lowest BCUT2D eigenvalue weighted by Gasteiger charge is -1.85. The molecule has 55 valence electrons. The third kappa shape index (κ3) is 0.909. The molecule has 0 unspecified atom stereocenters. The van der Waals surface area contributed by atoms with E-state index in [0.29, 0.717) is 0 Å². The van der Waals surface area contributed by atoms with Crippen molar-refractivity contribution in [2.75, 3.05) is 0 Å². The van der Waals surface area contributed by atoms with Crippen molar-refractivity contribution in [3.05, 3.63) is 30.0 Å². The second kappa shape index (κ2) is 2.38. The molecule has 0 N–H and O–H groups in total. The van der Waals surface area contributed by atoms with Gasteiger partial charge in [-0.1, -0.05) is 24.2 Å². The predicted octanol–water partition coefficient (Wildman–Crippen LogP) is 2.19. The zero-order valence-corrected chi connectivity index (χ0v) is 6.29. The maximum absolute atomic E-state index is 5.06. The van der Waals surface area contributed by atoms with Crippen LogP contribution in [0.4, 0.5) is 0 Å². The van der Waals surface area contributed by atoms with Gasteiger partial charge in [-0.25, -0.2) is 0 Å². The van der Waals surface area contributed by atoms with E-state index in [2.05, 4.69) is 18.1 Å². The molecule has 0 spiro atoms. The van der Waals surface area contributed by atoms with Gasteiger partial charge in [0.05, 0.1) is 11.1 Å². The van der Waals surface area contributed by atoms with Gasteiger partial charge in [0.2, 0.25) is 0 Å². The van der Waals surface area contributed by atoms with E-state index in [4.69, 9.17) is 4.52 Å². The van der Waals surface area contributed by atoms with Gasteiger partial charge < -0.3 is 4.52 Å². The Morgan fingerprint density at radius 1 is 1.64 bits per heavy atom. The van der Waals surface area contributed by atoms with Crippen LogP contribution in [0, 0.1) is 6.07 Å². The highest BCUT2D eigenvalue weighted by atomic mass is 16.5. The van der Waals surface area contributed by atoms with E-state index in [0.717, 1.165) is 23.1 Å². The zero-order chi connectivity index (χ0) is 7.68. The van der Waals surface area contributed by atoms with E-state index in [1.165, 1.54) is 0 Å². The first-order valence-corrected chi connectivity index (χ1v) is 3.66. The minimum atomic E-state index is 0.823. The molecule has 0 saturated heterocycles. The number of hydrogen-bond acceptors (Lipinski definition) is 2. The molecule has 1 aromatic heterocycles. The van der Waals surface area contributed by atoms with Crippen LogP contribution in [-0.2, 0) is 6.42 Å². The standard InChI is InChI=1S/C9H8NO/c1-2-8-7-5-3-4-6-9(7)11-10-8/h3-4,6H,2H2,1H3. The van der Waals surface area contributed by atoms with Crippen LogP contribution in [0.2, 0.25) is 0 Å². The van der Waals surface area contributed by atoms with Crippen molar-refractivity contribution in [3.63, 3.8) is 0 Å². The molecule has 0 saturated carbocycles. The smallest absolute Gasteiger partial charge is 0.167 e. The number of rotatable bonds is 1. The Balaban J connectivity index is 2.76. The highest BCUT2D eigenvalue weighted by Crippen LogP contribution is 2.16. The Labute approximate surface area is 64.8 Å². The maximum Gasteiger partial charge on any atom is 0.167 e. The third-order valence-electron chi connectivity index (χ3n) is 1.70. The van der Waals surface area contributed by atoms with Crippen molar-refractivity contribution in [2.24, 2.45) is 0 Å². The van der Waals surface area contributed by atoms with Crippen LogP contribution in [0.5, 0.6) is 0 Å². The van der Waals surface area contributed by atoms with Crippen molar-refractivity contribution in [1.82, 2.24) is 5.16 Å². The minimum absolute atomic E-state index is 0.823. The number of nitrogens with zero attached hydrogens (tertiary/aromatic N) is 1. The Morgan fingerprint density at radius 2 is 2.55 bits per heavy atom. The van der Waals surface area contributed by atoms with Gasteiger partial charge >= 0.3 is 0 Å². The topological polar surface area (TPSA) is 26.0 Å². The van der Waals surface area contributed by atoms with Gasteiger partial charge in [0, 0.05) is 0 Å². The van der Waals surface area contributed by atoms with Gasteiger partial charge in [0.1, 0.15) is 0 Å². The SMILES string of the molecule is CCc1noc2ccc[c]c12. The summed E-state index contributed by atoms with van der Waals surface area (Å²) >= 11 is 0. The first-order valence-electron chi connectivity index (χ1n) is 3.66. The number of benzene rings is 1. The summed E-state index contributed by atoms with van der Waals surface area (Å²) in [7, 11) is 0. The monoisotopic (exact) mass is 146 g/mol. The fraction of sp³-hybridized carbons (Fsp3) is 0.222. The molecule has 2 rings (SSSR count). The van der Waals surface area contributed by atoms with E-state index in [9.17, 15) is 0 Å². The molecule has 11 heavy (non-hydrogen) atoms. The first kappa shape index (κ1) is 6.40. The summed E-state index contributed by atoms with van der Waals surface area (Å²) < 4.78 is 5.06. The summed E-state index contributed by atoms with van der Waals surface area (Å²) in [5, 5.41) is 4.92. The molecular formula is C9H8NO. The van der Waals surface area contributed by atoms with Crippen molar-refractivity contribution in [2.45, 2.75) is 13.3 Å². The molecule has 0 bridgehead atoms. The fourth-order valence-electron chi connectivity index (χ4n) is 1.11. The average molecular weight is 146 g/mol. The van der Waals surface area contributed by atoms with Crippen LogP contribution < -0.4 is 0 Å². The highest BCUT2D eigenvalue weighted by Gasteiger charge is 2.03. The summed E-state index contributed by atoms with van der Waals surface area (Å²) in [6.45, 7) is 2.05. The van der Waals surface area contributed by atoms with Gasteiger partial charge in [-0.3, -0.25) is 0 Å². The summed E-state index contributed by atoms with van der Waals surface area (Å²) in [4.78, 5) is 0. The summed E-state index contributed by atoms with van der Waals surface area (Å²) in [5.74, 6) is 0. The summed E-state index contributed by atoms with van der Waals surface area (Å²) in [6, 6.07) is 8.76. The summed E-state index contributed by atoms with van der Waals surface area (Å²) in [6.07, 6.45) is 0.896. The average Bonchev–Trinajstić information content (AvgIpc) is 2.47. The second-order valence-corrected chi connectivity index (χ2v) is 2.39. The fourth-order valence-corrected chi connectivity index (χ4v) is 1.11. The van der Waals surface area contributed by atoms with Gasteiger partial charge in [-0.05, 0) is 18.6 Å². The lowest BCUT2D eigenvalue weighted by molar-refractivity contribution is 0.447. The van der Waals surface area contributed by atoms with Gasteiger partial charge in [-0.2, -0.15) is 0 Å². The molecule has 2 heteroatoms. The van der Waals surface area contributed by atoms with Crippen LogP contribution in [0.15, 0.2) is 22.7 Å². The lowest BCUT2D eigenvalue weighted by atomic mass is 10.2. The van der Waals surface area contributed by atoms with Crippen molar-refractivity contribution >= 4 is 11.0 Å². The predicted molar refractivity (Wildman–Crippen MR) is 42.2 cm³/mol. The molecule has 1 radical (unpaired) electrons. The highest BCUT2D eigenvalue weighted by molar-refractivity contribution is 5.78. The van der Waals surface area contributed by atoms with Crippen LogP contribution in [0.1, 0.15) is 12.6 Å².